The molecule has 5 rings (SSSR count). The number of rotatable bonds is 13. The molecule has 0 saturated heterocycles. The molecule has 0 atom stereocenters. The van der Waals surface area contributed by atoms with E-state index in [1.807, 2.05) is 55.4 Å². The average molecular weight is 635 g/mol. The molecule has 9 nitrogen and oxygen atoms in total. The number of nitrogens with one attached hydrogen (secondary N) is 3. The first kappa shape index (κ1) is 34.6. The summed E-state index contributed by atoms with van der Waals surface area (Å²) >= 11 is 0. The highest BCUT2D eigenvalue weighted by Crippen LogP contribution is 2.38. The van der Waals surface area contributed by atoms with Crippen LogP contribution in [0.5, 0.6) is 0 Å². The van der Waals surface area contributed by atoms with E-state index in [4.69, 9.17) is 0 Å². The molecule has 2 aliphatic rings. The normalized spacial score (nSPS) is 13.8. The summed E-state index contributed by atoms with van der Waals surface area (Å²) in [5.74, 6) is 0. The number of likely N-dealkylation sites (N-methyl/N-ethyl adjacent to an activating group) is 2. The molecule has 3 aromatic rings. The van der Waals surface area contributed by atoms with E-state index in [1.54, 1.807) is 0 Å². The van der Waals surface area contributed by atoms with Crippen molar-refractivity contribution in [2.75, 3.05) is 59.7 Å². The quantitative estimate of drug-likeness (QED) is 0.241. The fourth-order valence-corrected chi connectivity index (χ4v) is 6.86. The van der Waals surface area contributed by atoms with Crippen LogP contribution in [0.4, 0.5) is 10.5 Å². The molecule has 0 radical (unpaired) electrons. The first-order valence-corrected chi connectivity index (χ1v) is 17.4. The number of fused-ring (bicyclic) bond motifs is 2. The summed E-state index contributed by atoms with van der Waals surface area (Å²) in [4.78, 5) is 17.0. The Bertz CT molecular complexity index is 1450. The zero-order valence-electron chi connectivity index (χ0n) is 27.3. The predicted molar refractivity (Wildman–Crippen MR) is 184 cm³/mol. The third-order valence-corrected chi connectivity index (χ3v) is 9.61. The Morgan fingerprint density at radius 1 is 0.733 bits per heavy atom. The van der Waals surface area contributed by atoms with Crippen LogP contribution in [0.15, 0.2) is 66.7 Å². The van der Waals surface area contributed by atoms with E-state index in [0.29, 0.717) is 6.54 Å². The minimum Gasteiger partial charge on any atom is -0.311 e. The van der Waals surface area contributed by atoms with Gasteiger partial charge in [0.05, 0.1) is 0 Å². The van der Waals surface area contributed by atoms with Gasteiger partial charge in [-0.05, 0) is 100 Å². The summed E-state index contributed by atoms with van der Waals surface area (Å²) in [5, 5.41) is 6.31. The van der Waals surface area contributed by atoms with Gasteiger partial charge < -0.3 is 20.4 Å². The first-order valence-electron chi connectivity index (χ1n) is 16.0. The van der Waals surface area contributed by atoms with Crippen LogP contribution in [-0.4, -0.2) is 82.9 Å². The molecule has 3 N–H and O–H groups in total. The van der Waals surface area contributed by atoms with Crippen molar-refractivity contribution in [3.63, 3.8) is 0 Å². The van der Waals surface area contributed by atoms with Gasteiger partial charge in [0.2, 0.25) is 0 Å². The number of amides is 2. The molecule has 0 spiro atoms. The van der Waals surface area contributed by atoms with Gasteiger partial charge in [-0.2, -0.15) is 12.7 Å². The van der Waals surface area contributed by atoms with Crippen LogP contribution >= 0.6 is 0 Å². The highest BCUT2D eigenvalue weighted by Gasteiger charge is 2.28. The smallest absolute Gasteiger partial charge is 0.311 e. The zero-order chi connectivity index (χ0) is 32.2. The number of aryl methyl sites for hydroxylation is 2. The average Bonchev–Trinajstić information content (AvgIpc) is 3.68. The molecule has 3 aromatic carbocycles. The molecule has 0 heterocycles. The number of nitrogens with zero attached hydrogens (tertiary/aromatic N) is 3. The Hall–Kier alpha value is -3.28. The SMILES string of the molecule is CN(C)CCN(Cc1ccccc1)S(=O)(=O)NC(=O)Nc1c2c(cc3c1CCC3)CCC2.CN(C)CCNCc1ccccc1. The van der Waals surface area contributed by atoms with Crippen LogP contribution in [0.2, 0.25) is 0 Å². The summed E-state index contributed by atoms with van der Waals surface area (Å²) in [7, 11) is 3.94. The van der Waals surface area contributed by atoms with Crippen molar-refractivity contribution in [1.29, 1.82) is 0 Å². The maximum absolute atomic E-state index is 13.2. The van der Waals surface area contributed by atoms with E-state index in [9.17, 15) is 13.2 Å². The molecule has 0 unspecified atom stereocenters. The minimum atomic E-state index is -4.02. The topological polar surface area (TPSA) is 97.0 Å². The molecule has 0 fully saturated rings. The van der Waals surface area contributed by atoms with Crippen molar-refractivity contribution in [2.45, 2.75) is 51.6 Å². The van der Waals surface area contributed by atoms with Crippen LogP contribution in [-0.2, 0) is 49.0 Å². The minimum absolute atomic E-state index is 0.202. The molecular formula is C35H50N6O3S. The maximum Gasteiger partial charge on any atom is 0.333 e. The lowest BCUT2D eigenvalue weighted by Crippen LogP contribution is -2.46. The number of benzene rings is 3. The number of hydrogen-bond acceptors (Lipinski definition) is 6. The summed E-state index contributed by atoms with van der Waals surface area (Å²) in [6, 6.07) is 21.5. The second-order valence-corrected chi connectivity index (χ2v) is 14.1. The van der Waals surface area contributed by atoms with Gasteiger partial charge in [0.15, 0.2) is 0 Å². The second kappa shape index (κ2) is 16.9. The van der Waals surface area contributed by atoms with Crippen LogP contribution in [0.1, 0.15) is 46.2 Å². The molecule has 244 valence electrons. The molecule has 0 aromatic heterocycles. The lowest BCUT2D eigenvalue weighted by molar-refractivity contribution is 0.255. The van der Waals surface area contributed by atoms with E-state index in [0.717, 1.165) is 69.4 Å². The van der Waals surface area contributed by atoms with Crippen molar-refractivity contribution in [3.05, 3.63) is 100 Å². The lowest BCUT2D eigenvalue weighted by Gasteiger charge is -2.24. The summed E-state index contributed by atoms with van der Waals surface area (Å²) < 4.78 is 29.9. The molecule has 10 heteroatoms. The monoisotopic (exact) mass is 634 g/mol. The Morgan fingerprint density at radius 3 is 1.84 bits per heavy atom. The number of carbonyl (C=O) groups excluding carboxylic acids is 1. The fourth-order valence-electron chi connectivity index (χ4n) is 5.80. The fraction of sp³-hybridized carbons (Fsp3) is 0.457. The molecule has 0 saturated carbocycles. The molecular weight excluding hydrogens is 584 g/mol. The summed E-state index contributed by atoms with van der Waals surface area (Å²) in [6.45, 7) is 4.13. The Kier molecular flexibility index (Phi) is 13.0. The highest BCUT2D eigenvalue weighted by molar-refractivity contribution is 7.87. The maximum atomic E-state index is 13.2. The van der Waals surface area contributed by atoms with E-state index >= 15 is 0 Å². The predicted octanol–water partition coefficient (Wildman–Crippen LogP) is 4.43. The highest BCUT2D eigenvalue weighted by atomic mass is 32.2. The van der Waals surface area contributed by atoms with Crippen LogP contribution in [0, 0.1) is 0 Å². The summed E-state index contributed by atoms with van der Waals surface area (Å²) in [6.07, 6.45) is 6.03. The Morgan fingerprint density at radius 2 is 1.29 bits per heavy atom. The Balaban J connectivity index is 0.000000297. The number of urea groups is 1. The largest absolute Gasteiger partial charge is 0.333 e. The van der Waals surface area contributed by atoms with Gasteiger partial charge >= 0.3 is 16.2 Å². The molecule has 2 amide bonds. The van der Waals surface area contributed by atoms with E-state index in [2.05, 4.69) is 64.7 Å². The number of carbonyl (C=O) groups is 1. The van der Waals surface area contributed by atoms with Gasteiger partial charge in [-0.25, -0.2) is 9.52 Å². The molecule has 2 aliphatic carbocycles. The standard InChI is InChI=1S/C24H32N4O3S.C11H18N2/c1-27(2)14-15-28(17-18-8-4-3-5-9-18)32(30,31)26-24(29)25-23-21-12-6-10-19(21)16-20-11-7-13-22(20)23;1-13(2)9-8-12-10-11-6-4-3-5-7-11/h3-5,8-9,16H,6-7,10-15,17H2,1-2H3,(H2,25,26,29);3-7,12H,8-10H2,1-2H3. The third-order valence-electron chi connectivity index (χ3n) is 8.18. The lowest BCUT2D eigenvalue weighted by atomic mass is 9.99. The number of anilines is 1. The van der Waals surface area contributed by atoms with Gasteiger partial charge in [0.1, 0.15) is 0 Å². The van der Waals surface area contributed by atoms with Crippen LogP contribution in [0.3, 0.4) is 0 Å². The van der Waals surface area contributed by atoms with Crippen molar-refractivity contribution >= 4 is 21.9 Å². The van der Waals surface area contributed by atoms with E-state index in [1.165, 1.54) is 32.1 Å². The van der Waals surface area contributed by atoms with Gasteiger partial charge in [-0.1, -0.05) is 66.7 Å². The Labute approximate surface area is 270 Å². The van der Waals surface area contributed by atoms with Gasteiger partial charge in [0, 0.05) is 45.0 Å². The van der Waals surface area contributed by atoms with Crippen molar-refractivity contribution in [2.24, 2.45) is 0 Å². The van der Waals surface area contributed by atoms with Crippen LogP contribution < -0.4 is 15.4 Å². The molecule has 0 aliphatic heterocycles. The van der Waals surface area contributed by atoms with Crippen molar-refractivity contribution in [1.82, 2.24) is 24.1 Å². The van der Waals surface area contributed by atoms with Crippen LogP contribution in [0.25, 0.3) is 0 Å². The van der Waals surface area contributed by atoms with E-state index in [-0.39, 0.29) is 13.1 Å². The zero-order valence-corrected chi connectivity index (χ0v) is 28.1. The van der Waals surface area contributed by atoms with E-state index < -0.39 is 16.2 Å². The third kappa shape index (κ3) is 10.6. The molecule has 45 heavy (non-hydrogen) atoms. The molecule has 0 bridgehead atoms. The van der Waals surface area contributed by atoms with Gasteiger partial charge in [-0.15, -0.1) is 0 Å². The van der Waals surface area contributed by atoms with Gasteiger partial charge in [-0.3, -0.25) is 0 Å². The van der Waals surface area contributed by atoms with Crippen molar-refractivity contribution in [3.8, 4) is 0 Å². The first-order chi connectivity index (χ1) is 21.6. The number of hydrogen-bond donors (Lipinski definition) is 3. The van der Waals surface area contributed by atoms with Gasteiger partial charge in [0.25, 0.3) is 0 Å². The summed E-state index contributed by atoms with van der Waals surface area (Å²) in [5.41, 5.74) is 7.99. The second-order valence-electron chi connectivity index (χ2n) is 12.4. The van der Waals surface area contributed by atoms with Crippen molar-refractivity contribution < 1.29 is 13.2 Å².